The molecule has 0 fully saturated rings. The monoisotopic (exact) mass is 258 g/mol. The number of rotatable bonds is 7. The third-order valence-electron chi connectivity index (χ3n) is 2.48. The van der Waals surface area contributed by atoms with E-state index in [4.69, 9.17) is 21.1 Å². The SMILES string of the molecule is COCCN(c1ccc(Cl)cn1)C(C)COC. The van der Waals surface area contributed by atoms with Crippen molar-refractivity contribution >= 4 is 17.4 Å². The fraction of sp³-hybridized carbons (Fsp3) is 0.583. The van der Waals surface area contributed by atoms with Crippen LogP contribution in [0.4, 0.5) is 5.82 Å². The lowest BCUT2D eigenvalue weighted by atomic mass is 10.3. The van der Waals surface area contributed by atoms with Crippen molar-refractivity contribution in [1.82, 2.24) is 4.98 Å². The van der Waals surface area contributed by atoms with Gasteiger partial charge in [-0.3, -0.25) is 0 Å². The normalized spacial score (nSPS) is 12.5. The molecule has 0 spiro atoms. The van der Waals surface area contributed by atoms with Gasteiger partial charge >= 0.3 is 0 Å². The average Bonchev–Trinajstić information content (AvgIpc) is 2.32. The highest BCUT2D eigenvalue weighted by Crippen LogP contribution is 2.16. The fourth-order valence-electron chi connectivity index (χ4n) is 1.62. The maximum atomic E-state index is 5.83. The highest BCUT2D eigenvalue weighted by atomic mass is 35.5. The molecule has 0 aromatic carbocycles. The lowest BCUT2D eigenvalue weighted by Crippen LogP contribution is -2.39. The van der Waals surface area contributed by atoms with Crippen molar-refractivity contribution in [3.8, 4) is 0 Å². The van der Waals surface area contributed by atoms with Crippen LogP contribution in [0.5, 0.6) is 0 Å². The zero-order chi connectivity index (χ0) is 12.7. The lowest BCUT2D eigenvalue weighted by molar-refractivity contribution is 0.170. The second kappa shape index (κ2) is 7.48. The van der Waals surface area contributed by atoms with E-state index in [-0.39, 0.29) is 6.04 Å². The number of anilines is 1. The van der Waals surface area contributed by atoms with Crippen molar-refractivity contribution in [2.75, 3.05) is 38.9 Å². The molecule has 0 amide bonds. The summed E-state index contributed by atoms with van der Waals surface area (Å²) in [5.74, 6) is 0.885. The Morgan fingerprint density at radius 1 is 1.35 bits per heavy atom. The van der Waals surface area contributed by atoms with Gasteiger partial charge in [-0.05, 0) is 19.1 Å². The molecule has 0 bridgehead atoms. The molecule has 0 radical (unpaired) electrons. The Hall–Kier alpha value is -0.840. The van der Waals surface area contributed by atoms with Gasteiger partial charge in [0.15, 0.2) is 0 Å². The molecule has 1 rings (SSSR count). The van der Waals surface area contributed by atoms with Crippen molar-refractivity contribution in [2.24, 2.45) is 0 Å². The molecule has 0 N–H and O–H groups in total. The van der Waals surface area contributed by atoms with Crippen LogP contribution in [0, 0.1) is 0 Å². The highest BCUT2D eigenvalue weighted by molar-refractivity contribution is 6.30. The van der Waals surface area contributed by atoms with Gasteiger partial charge in [0.05, 0.1) is 24.3 Å². The van der Waals surface area contributed by atoms with Gasteiger partial charge in [0.1, 0.15) is 5.82 Å². The Kier molecular flexibility index (Phi) is 6.26. The van der Waals surface area contributed by atoms with Crippen LogP contribution in [0.3, 0.4) is 0 Å². The lowest BCUT2D eigenvalue weighted by Gasteiger charge is -2.29. The van der Waals surface area contributed by atoms with Gasteiger partial charge in [-0.2, -0.15) is 0 Å². The fourth-order valence-corrected chi connectivity index (χ4v) is 1.73. The molecule has 0 aliphatic rings. The van der Waals surface area contributed by atoms with Gasteiger partial charge in [-0.25, -0.2) is 4.98 Å². The number of hydrogen-bond acceptors (Lipinski definition) is 4. The zero-order valence-corrected chi connectivity index (χ0v) is 11.3. The molecule has 0 aliphatic heterocycles. The van der Waals surface area contributed by atoms with Crippen molar-refractivity contribution in [3.63, 3.8) is 0 Å². The average molecular weight is 259 g/mol. The smallest absolute Gasteiger partial charge is 0.128 e. The van der Waals surface area contributed by atoms with E-state index in [2.05, 4.69) is 16.8 Å². The number of halogens is 1. The molecule has 1 heterocycles. The summed E-state index contributed by atoms with van der Waals surface area (Å²) in [7, 11) is 3.38. The van der Waals surface area contributed by atoms with Crippen molar-refractivity contribution in [1.29, 1.82) is 0 Å². The first kappa shape index (κ1) is 14.2. The van der Waals surface area contributed by atoms with Crippen LogP contribution < -0.4 is 4.90 Å². The summed E-state index contributed by atoms with van der Waals surface area (Å²) in [6.07, 6.45) is 1.65. The van der Waals surface area contributed by atoms with E-state index in [0.29, 0.717) is 18.2 Å². The van der Waals surface area contributed by atoms with Gasteiger partial charge in [0.2, 0.25) is 0 Å². The molecule has 0 saturated carbocycles. The van der Waals surface area contributed by atoms with Crippen LogP contribution in [-0.4, -0.2) is 45.0 Å². The Labute approximate surface area is 107 Å². The molecule has 4 nitrogen and oxygen atoms in total. The van der Waals surface area contributed by atoms with E-state index < -0.39 is 0 Å². The predicted molar refractivity (Wildman–Crippen MR) is 69.8 cm³/mol. The van der Waals surface area contributed by atoms with Gasteiger partial charge in [-0.1, -0.05) is 11.6 Å². The van der Waals surface area contributed by atoms with Crippen LogP contribution in [-0.2, 0) is 9.47 Å². The Bertz CT molecular complexity index is 319. The Balaban J connectivity index is 2.77. The number of aromatic nitrogens is 1. The number of pyridine rings is 1. The second-order valence-corrected chi connectivity index (χ2v) is 4.26. The van der Waals surface area contributed by atoms with Crippen LogP contribution in [0.25, 0.3) is 0 Å². The topological polar surface area (TPSA) is 34.6 Å². The van der Waals surface area contributed by atoms with Crippen molar-refractivity contribution in [3.05, 3.63) is 23.4 Å². The van der Waals surface area contributed by atoms with Crippen molar-refractivity contribution < 1.29 is 9.47 Å². The molecule has 1 aromatic heterocycles. The predicted octanol–water partition coefficient (Wildman–Crippen LogP) is 2.22. The number of methoxy groups -OCH3 is 2. The molecule has 1 atom stereocenters. The summed E-state index contributed by atoms with van der Waals surface area (Å²) in [4.78, 5) is 6.46. The minimum atomic E-state index is 0.240. The first-order valence-corrected chi connectivity index (χ1v) is 5.93. The Morgan fingerprint density at radius 3 is 2.65 bits per heavy atom. The largest absolute Gasteiger partial charge is 0.383 e. The minimum absolute atomic E-state index is 0.240. The van der Waals surface area contributed by atoms with E-state index in [9.17, 15) is 0 Å². The maximum absolute atomic E-state index is 5.83. The third kappa shape index (κ3) is 4.50. The number of hydrogen-bond donors (Lipinski definition) is 0. The standard InChI is InChI=1S/C12H19ClN2O2/c1-10(9-17-3)15(6-7-16-2)12-5-4-11(13)8-14-12/h4-5,8,10H,6-7,9H2,1-3H3. The molecule has 0 saturated heterocycles. The minimum Gasteiger partial charge on any atom is -0.383 e. The zero-order valence-electron chi connectivity index (χ0n) is 10.5. The van der Waals surface area contributed by atoms with E-state index in [1.165, 1.54) is 0 Å². The van der Waals surface area contributed by atoms with E-state index in [1.807, 2.05) is 12.1 Å². The van der Waals surface area contributed by atoms with Gasteiger partial charge in [-0.15, -0.1) is 0 Å². The summed E-state index contributed by atoms with van der Waals surface area (Å²) in [6, 6.07) is 3.98. The van der Waals surface area contributed by atoms with E-state index in [0.717, 1.165) is 12.4 Å². The summed E-state index contributed by atoms with van der Waals surface area (Å²) < 4.78 is 10.3. The van der Waals surface area contributed by atoms with Crippen LogP contribution >= 0.6 is 11.6 Å². The van der Waals surface area contributed by atoms with Crippen LogP contribution in [0.2, 0.25) is 5.02 Å². The molecule has 1 unspecified atom stereocenters. The maximum Gasteiger partial charge on any atom is 0.128 e. The highest BCUT2D eigenvalue weighted by Gasteiger charge is 2.15. The summed E-state index contributed by atoms with van der Waals surface area (Å²) in [6.45, 7) is 4.16. The van der Waals surface area contributed by atoms with Gasteiger partial charge < -0.3 is 14.4 Å². The summed E-state index contributed by atoms with van der Waals surface area (Å²) in [5, 5.41) is 0.639. The third-order valence-corrected chi connectivity index (χ3v) is 2.71. The van der Waals surface area contributed by atoms with Gasteiger partial charge in [0, 0.05) is 27.0 Å². The van der Waals surface area contributed by atoms with Crippen molar-refractivity contribution in [2.45, 2.75) is 13.0 Å². The first-order valence-electron chi connectivity index (χ1n) is 5.55. The molecule has 5 heteroatoms. The van der Waals surface area contributed by atoms with E-state index in [1.54, 1.807) is 20.4 Å². The van der Waals surface area contributed by atoms with E-state index >= 15 is 0 Å². The molecule has 0 aliphatic carbocycles. The summed E-state index contributed by atoms with van der Waals surface area (Å²) >= 11 is 5.83. The molecule has 96 valence electrons. The Morgan fingerprint density at radius 2 is 2.12 bits per heavy atom. The van der Waals surface area contributed by atoms with Crippen LogP contribution in [0.15, 0.2) is 18.3 Å². The second-order valence-electron chi connectivity index (χ2n) is 3.83. The number of ether oxygens (including phenoxy) is 2. The molecule has 1 aromatic rings. The quantitative estimate of drug-likeness (QED) is 0.751. The summed E-state index contributed by atoms with van der Waals surface area (Å²) in [5.41, 5.74) is 0. The number of nitrogens with zero attached hydrogens (tertiary/aromatic N) is 2. The van der Waals surface area contributed by atoms with Crippen LogP contribution in [0.1, 0.15) is 6.92 Å². The molecular formula is C12H19ClN2O2. The van der Waals surface area contributed by atoms with Gasteiger partial charge in [0.25, 0.3) is 0 Å². The first-order chi connectivity index (χ1) is 8.19. The molecular weight excluding hydrogens is 240 g/mol. The molecule has 17 heavy (non-hydrogen) atoms.